The maximum absolute atomic E-state index is 12.7. The van der Waals surface area contributed by atoms with E-state index in [0.717, 1.165) is 32.5 Å². The predicted octanol–water partition coefficient (Wildman–Crippen LogP) is 1.95. The van der Waals surface area contributed by atoms with E-state index in [0.29, 0.717) is 19.6 Å². The van der Waals surface area contributed by atoms with Crippen LogP contribution in [0.3, 0.4) is 0 Å². The summed E-state index contributed by atoms with van der Waals surface area (Å²) in [7, 11) is -3.56. The van der Waals surface area contributed by atoms with Gasteiger partial charge >= 0.3 is 0 Å². The molecule has 1 N–H and O–H groups in total. The Morgan fingerprint density at radius 1 is 1.08 bits per heavy atom. The van der Waals surface area contributed by atoms with Gasteiger partial charge in [-0.25, -0.2) is 8.42 Å². The fraction of sp³-hybridized carbons (Fsp3) is 0.588. The van der Waals surface area contributed by atoms with Crippen molar-refractivity contribution in [1.29, 1.82) is 0 Å². The SMILES string of the molecule is O=C(NCCN1CCCC1)c1cc(S(=O)(=O)N2CCCC2)ccc1Cl. The van der Waals surface area contributed by atoms with Gasteiger partial charge in [0.1, 0.15) is 0 Å². The molecule has 1 aromatic rings. The molecule has 0 saturated carbocycles. The van der Waals surface area contributed by atoms with Crippen LogP contribution in [0.25, 0.3) is 0 Å². The molecule has 2 saturated heterocycles. The largest absolute Gasteiger partial charge is 0.351 e. The molecule has 3 rings (SSSR count). The van der Waals surface area contributed by atoms with Crippen LogP contribution in [-0.2, 0) is 10.0 Å². The first kappa shape index (κ1) is 18.6. The number of hydrogen-bond acceptors (Lipinski definition) is 4. The highest BCUT2D eigenvalue weighted by atomic mass is 35.5. The maximum Gasteiger partial charge on any atom is 0.252 e. The molecule has 0 bridgehead atoms. The van der Waals surface area contributed by atoms with Crippen LogP contribution < -0.4 is 5.32 Å². The monoisotopic (exact) mass is 385 g/mol. The van der Waals surface area contributed by atoms with Gasteiger partial charge in [-0.3, -0.25) is 4.79 Å². The zero-order chi connectivity index (χ0) is 17.9. The standard InChI is InChI=1S/C17H24ClN3O3S/c18-16-6-5-14(25(23,24)21-10-3-4-11-21)13-15(16)17(22)19-7-12-20-8-1-2-9-20/h5-6,13H,1-4,7-12H2,(H,19,22). The summed E-state index contributed by atoms with van der Waals surface area (Å²) in [6.07, 6.45) is 4.15. The number of carbonyl (C=O) groups is 1. The number of carbonyl (C=O) groups excluding carboxylic acids is 1. The highest BCUT2D eigenvalue weighted by Gasteiger charge is 2.28. The number of sulfonamides is 1. The summed E-state index contributed by atoms with van der Waals surface area (Å²) in [4.78, 5) is 14.8. The quantitative estimate of drug-likeness (QED) is 0.812. The molecule has 8 heteroatoms. The van der Waals surface area contributed by atoms with Gasteiger partial charge in [0.05, 0.1) is 15.5 Å². The topological polar surface area (TPSA) is 69.7 Å². The van der Waals surface area contributed by atoms with Gasteiger partial charge in [-0.2, -0.15) is 4.31 Å². The van der Waals surface area contributed by atoms with Crippen molar-refractivity contribution in [1.82, 2.24) is 14.5 Å². The number of amides is 1. The Morgan fingerprint density at radius 2 is 1.72 bits per heavy atom. The van der Waals surface area contributed by atoms with Gasteiger partial charge < -0.3 is 10.2 Å². The Labute approximate surface area is 154 Å². The molecular weight excluding hydrogens is 362 g/mol. The molecule has 1 aromatic carbocycles. The van der Waals surface area contributed by atoms with Crippen LogP contribution in [0.5, 0.6) is 0 Å². The van der Waals surface area contributed by atoms with Gasteiger partial charge in [-0.05, 0) is 57.0 Å². The lowest BCUT2D eigenvalue weighted by atomic mass is 10.2. The Balaban J connectivity index is 1.69. The lowest BCUT2D eigenvalue weighted by Crippen LogP contribution is -2.34. The molecular formula is C17H24ClN3O3S. The van der Waals surface area contributed by atoms with E-state index in [4.69, 9.17) is 11.6 Å². The van der Waals surface area contributed by atoms with Crippen LogP contribution in [0.2, 0.25) is 5.02 Å². The molecule has 2 aliphatic heterocycles. The molecule has 2 fully saturated rings. The third-order valence-corrected chi connectivity index (χ3v) is 7.02. The number of benzene rings is 1. The third-order valence-electron chi connectivity index (χ3n) is 4.80. The number of rotatable bonds is 6. The summed E-state index contributed by atoms with van der Waals surface area (Å²) >= 11 is 6.13. The number of hydrogen-bond donors (Lipinski definition) is 1. The molecule has 2 heterocycles. The summed E-state index contributed by atoms with van der Waals surface area (Å²) in [6, 6.07) is 4.35. The van der Waals surface area contributed by atoms with E-state index >= 15 is 0 Å². The van der Waals surface area contributed by atoms with E-state index in [2.05, 4.69) is 10.2 Å². The van der Waals surface area contributed by atoms with Crippen molar-refractivity contribution in [3.8, 4) is 0 Å². The lowest BCUT2D eigenvalue weighted by molar-refractivity contribution is 0.0949. The first-order chi connectivity index (χ1) is 12.0. The van der Waals surface area contributed by atoms with Gasteiger partial charge in [0.15, 0.2) is 0 Å². The second-order valence-electron chi connectivity index (χ2n) is 6.56. The molecule has 6 nitrogen and oxygen atoms in total. The molecule has 25 heavy (non-hydrogen) atoms. The van der Waals surface area contributed by atoms with Gasteiger partial charge in [-0.15, -0.1) is 0 Å². The normalized spacial score (nSPS) is 19.4. The fourth-order valence-corrected chi connectivity index (χ4v) is 5.09. The Kier molecular flexibility index (Phi) is 5.99. The molecule has 0 radical (unpaired) electrons. The maximum atomic E-state index is 12.7. The summed E-state index contributed by atoms with van der Waals surface area (Å²) in [6.45, 7) is 4.53. The van der Waals surface area contributed by atoms with E-state index in [1.807, 2.05) is 0 Å². The highest BCUT2D eigenvalue weighted by molar-refractivity contribution is 7.89. The van der Waals surface area contributed by atoms with Crippen molar-refractivity contribution in [3.63, 3.8) is 0 Å². The summed E-state index contributed by atoms with van der Waals surface area (Å²) in [5, 5.41) is 3.10. The van der Waals surface area contributed by atoms with E-state index in [-0.39, 0.29) is 21.4 Å². The van der Waals surface area contributed by atoms with Crippen LogP contribution in [-0.4, -0.2) is 62.8 Å². The minimum Gasteiger partial charge on any atom is -0.351 e. The lowest BCUT2D eigenvalue weighted by Gasteiger charge is -2.17. The summed E-state index contributed by atoms with van der Waals surface area (Å²) < 4.78 is 26.8. The second-order valence-corrected chi connectivity index (χ2v) is 8.90. The average molecular weight is 386 g/mol. The van der Waals surface area contributed by atoms with Gasteiger partial charge in [-0.1, -0.05) is 11.6 Å². The fourth-order valence-electron chi connectivity index (χ4n) is 3.35. The van der Waals surface area contributed by atoms with Crippen molar-refractivity contribution >= 4 is 27.5 Å². The zero-order valence-corrected chi connectivity index (χ0v) is 15.8. The third kappa shape index (κ3) is 4.34. The predicted molar refractivity (Wildman–Crippen MR) is 97.5 cm³/mol. The van der Waals surface area contributed by atoms with Crippen LogP contribution in [0.1, 0.15) is 36.0 Å². The zero-order valence-electron chi connectivity index (χ0n) is 14.2. The molecule has 0 atom stereocenters. The van der Waals surface area contributed by atoms with Gasteiger partial charge in [0.25, 0.3) is 5.91 Å². The Bertz CT molecular complexity index is 727. The minimum atomic E-state index is -3.56. The summed E-state index contributed by atoms with van der Waals surface area (Å²) in [5.41, 5.74) is 0.211. The molecule has 0 unspecified atom stereocenters. The minimum absolute atomic E-state index is 0.128. The van der Waals surface area contributed by atoms with E-state index < -0.39 is 10.0 Å². The van der Waals surface area contributed by atoms with Crippen molar-refractivity contribution in [2.24, 2.45) is 0 Å². The smallest absolute Gasteiger partial charge is 0.252 e. The molecule has 138 valence electrons. The highest BCUT2D eigenvalue weighted by Crippen LogP contribution is 2.25. The molecule has 0 aliphatic carbocycles. The van der Waals surface area contributed by atoms with E-state index in [9.17, 15) is 13.2 Å². The van der Waals surface area contributed by atoms with Crippen molar-refractivity contribution < 1.29 is 13.2 Å². The number of nitrogens with zero attached hydrogens (tertiary/aromatic N) is 2. The average Bonchev–Trinajstić information content (AvgIpc) is 3.29. The van der Waals surface area contributed by atoms with Crippen molar-refractivity contribution in [2.75, 3.05) is 39.3 Å². The van der Waals surface area contributed by atoms with Crippen molar-refractivity contribution in [2.45, 2.75) is 30.6 Å². The Morgan fingerprint density at radius 3 is 2.40 bits per heavy atom. The van der Waals surface area contributed by atoms with Crippen LogP contribution in [0.15, 0.2) is 23.1 Å². The molecule has 0 aromatic heterocycles. The first-order valence-electron chi connectivity index (χ1n) is 8.79. The van der Waals surface area contributed by atoms with Crippen LogP contribution in [0.4, 0.5) is 0 Å². The number of halogens is 1. The second kappa shape index (κ2) is 8.03. The van der Waals surface area contributed by atoms with Crippen LogP contribution >= 0.6 is 11.6 Å². The molecule has 1 amide bonds. The first-order valence-corrected chi connectivity index (χ1v) is 10.6. The Hall–Kier alpha value is -1.15. The molecule has 0 spiro atoms. The van der Waals surface area contributed by atoms with Crippen molar-refractivity contribution in [3.05, 3.63) is 28.8 Å². The number of likely N-dealkylation sites (tertiary alicyclic amines) is 1. The van der Waals surface area contributed by atoms with Gasteiger partial charge in [0.2, 0.25) is 10.0 Å². The number of nitrogens with one attached hydrogen (secondary N) is 1. The van der Waals surface area contributed by atoms with E-state index in [1.165, 1.54) is 35.3 Å². The van der Waals surface area contributed by atoms with Gasteiger partial charge in [0, 0.05) is 26.2 Å². The summed E-state index contributed by atoms with van der Waals surface area (Å²) in [5.74, 6) is -0.331. The van der Waals surface area contributed by atoms with E-state index in [1.54, 1.807) is 0 Å². The molecule has 2 aliphatic rings. The van der Waals surface area contributed by atoms with Crippen LogP contribution in [0, 0.1) is 0 Å².